The highest BCUT2D eigenvalue weighted by Gasteiger charge is 2.28. The number of aryl methyl sites for hydroxylation is 1. The monoisotopic (exact) mass is 361 g/mol. The Balaban J connectivity index is 1.36. The maximum absolute atomic E-state index is 12.0. The lowest BCUT2D eigenvalue weighted by Gasteiger charge is -2.38. The third-order valence-electron chi connectivity index (χ3n) is 4.69. The van der Waals surface area contributed by atoms with Gasteiger partial charge >= 0.3 is 0 Å². The van der Waals surface area contributed by atoms with Crippen molar-refractivity contribution in [2.24, 2.45) is 0 Å². The van der Waals surface area contributed by atoms with Crippen LogP contribution in [0.2, 0.25) is 0 Å². The molecular weight excluding hydrogens is 342 g/mol. The normalized spacial score (nSPS) is 14.7. The van der Waals surface area contributed by atoms with Gasteiger partial charge in [0.05, 0.1) is 17.2 Å². The zero-order valence-corrected chi connectivity index (χ0v) is 15.0. The number of nitriles is 1. The lowest BCUT2D eigenvalue weighted by atomic mass is 10.1. The minimum absolute atomic E-state index is 0.0441. The predicted molar refractivity (Wildman–Crippen MR) is 100 cm³/mol. The fourth-order valence-corrected chi connectivity index (χ4v) is 3.21. The first-order chi connectivity index (χ1) is 13.1. The van der Waals surface area contributed by atoms with Gasteiger partial charge in [-0.2, -0.15) is 5.26 Å². The Hall–Kier alpha value is -3.24. The number of hydrogen-bond donors (Lipinski definition) is 1. The number of aromatic nitrogens is 3. The summed E-state index contributed by atoms with van der Waals surface area (Å²) in [7, 11) is 0. The Morgan fingerprint density at radius 2 is 2.15 bits per heavy atom. The number of nitrogens with zero attached hydrogens (tertiary/aromatic N) is 4. The lowest BCUT2D eigenvalue weighted by Crippen LogP contribution is -2.53. The molecule has 3 aromatic rings. The fourth-order valence-electron chi connectivity index (χ4n) is 3.21. The van der Waals surface area contributed by atoms with Crippen molar-refractivity contribution in [3.05, 3.63) is 63.8 Å². The summed E-state index contributed by atoms with van der Waals surface area (Å²) in [5, 5.41) is 8.77. The summed E-state index contributed by atoms with van der Waals surface area (Å²) in [6.45, 7) is 4.33. The largest absolute Gasteiger partial charge is 0.486 e. The minimum atomic E-state index is -0.0441. The Morgan fingerprint density at radius 1 is 1.30 bits per heavy atom. The van der Waals surface area contributed by atoms with E-state index in [9.17, 15) is 4.79 Å². The molecule has 0 aliphatic carbocycles. The topological polar surface area (TPSA) is 94.9 Å². The second kappa shape index (κ2) is 7.17. The van der Waals surface area contributed by atoms with Crippen LogP contribution >= 0.6 is 0 Å². The maximum atomic E-state index is 12.0. The van der Waals surface area contributed by atoms with Crippen LogP contribution in [-0.2, 0) is 13.0 Å². The second-order valence-corrected chi connectivity index (χ2v) is 6.68. The van der Waals surface area contributed by atoms with Crippen LogP contribution in [0.1, 0.15) is 23.7 Å². The Labute approximate surface area is 156 Å². The molecule has 0 spiro atoms. The Kier molecular flexibility index (Phi) is 4.57. The molecule has 0 bridgehead atoms. The van der Waals surface area contributed by atoms with Crippen LogP contribution in [0.3, 0.4) is 0 Å². The number of likely N-dealkylation sites (tertiary alicyclic amines) is 1. The molecule has 1 fully saturated rings. The van der Waals surface area contributed by atoms with Gasteiger partial charge in [0.25, 0.3) is 5.56 Å². The van der Waals surface area contributed by atoms with Crippen molar-refractivity contribution in [1.29, 1.82) is 5.26 Å². The van der Waals surface area contributed by atoms with Gasteiger partial charge < -0.3 is 9.72 Å². The molecule has 1 N–H and O–H groups in total. The molecule has 7 heteroatoms. The van der Waals surface area contributed by atoms with Crippen LogP contribution in [-0.4, -0.2) is 39.0 Å². The van der Waals surface area contributed by atoms with Crippen molar-refractivity contribution in [3.63, 3.8) is 0 Å². The van der Waals surface area contributed by atoms with Crippen LogP contribution in [0.4, 0.5) is 0 Å². The summed E-state index contributed by atoms with van der Waals surface area (Å²) >= 11 is 0. The predicted octanol–water partition coefficient (Wildman–Crippen LogP) is 2.02. The van der Waals surface area contributed by atoms with Gasteiger partial charge in [-0.3, -0.25) is 14.7 Å². The number of aromatic amines is 1. The van der Waals surface area contributed by atoms with Gasteiger partial charge in [0.15, 0.2) is 0 Å². The number of ether oxygens (including phenoxy) is 1. The first-order valence-electron chi connectivity index (χ1n) is 8.90. The van der Waals surface area contributed by atoms with Crippen LogP contribution < -0.4 is 10.3 Å². The number of hydrogen-bond acceptors (Lipinski definition) is 6. The lowest BCUT2D eigenvalue weighted by molar-refractivity contribution is 0.0143. The van der Waals surface area contributed by atoms with E-state index in [2.05, 4.69) is 19.9 Å². The van der Waals surface area contributed by atoms with Crippen molar-refractivity contribution in [2.75, 3.05) is 13.1 Å². The third kappa shape index (κ3) is 3.66. The number of nitrogens with one attached hydrogen (secondary N) is 1. The molecule has 1 aliphatic rings. The van der Waals surface area contributed by atoms with E-state index in [-0.39, 0.29) is 11.7 Å². The average molecular weight is 361 g/mol. The molecule has 0 saturated carbocycles. The van der Waals surface area contributed by atoms with E-state index in [1.807, 2.05) is 31.3 Å². The van der Waals surface area contributed by atoms with Crippen molar-refractivity contribution in [2.45, 2.75) is 26.0 Å². The molecule has 1 saturated heterocycles. The van der Waals surface area contributed by atoms with Crippen LogP contribution in [0.15, 0.2) is 41.5 Å². The summed E-state index contributed by atoms with van der Waals surface area (Å²) < 4.78 is 5.85. The van der Waals surface area contributed by atoms with E-state index in [0.717, 1.165) is 41.8 Å². The zero-order chi connectivity index (χ0) is 18.8. The van der Waals surface area contributed by atoms with Crippen molar-refractivity contribution in [1.82, 2.24) is 19.9 Å². The summed E-state index contributed by atoms with van der Waals surface area (Å²) in [6, 6.07) is 9.25. The first-order valence-corrected chi connectivity index (χ1v) is 8.90. The zero-order valence-electron chi connectivity index (χ0n) is 15.0. The first kappa shape index (κ1) is 17.2. The van der Waals surface area contributed by atoms with Crippen LogP contribution in [0.25, 0.3) is 11.0 Å². The fraction of sp³-hybridized carbons (Fsp3) is 0.300. The molecule has 136 valence electrons. The molecule has 0 unspecified atom stereocenters. The molecule has 1 aliphatic heterocycles. The number of rotatable bonds is 5. The van der Waals surface area contributed by atoms with Crippen LogP contribution in [0, 0.1) is 11.3 Å². The van der Waals surface area contributed by atoms with E-state index >= 15 is 0 Å². The molecule has 0 aromatic carbocycles. The molecular formula is C20H19N5O2. The van der Waals surface area contributed by atoms with E-state index in [1.165, 1.54) is 0 Å². The van der Waals surface area contributed by atoms with Crippen molar-refractivity contribution >= 4 is 11.0 Å². The number of fused-ring (bicyclic) bond motifs is 1. The molecule has 7 nitrogen and oxygen atoms in total. The molecule has 0 amide bonds. The molecule has 0 radical (unpaired) electrons. The Morgan fingerprint density at radius 3 is 2.85 bits per heavy atom. The second-order valence-electron chi connectivity index (χ2n) is 6.68. The molecule has 4 heterocycles. The van der Waals surface area contributed by atoms with E-state index in [0.29, 0.717) is 17.9 Å². The summed E-state index contributed by atoms with van der Waals surface area (Å²) in [5.74, 6) is 0.676. The average Bonchev–Trinajstić information content (AvgIpc) is 2.66. The number of pyridine rings is 3. The maximum Gasteiger partial charge on any atom is 0.251 e. The summed E-state index contributed by atoms with van der Waals surface area (Å²) in [4.78, 5) is 25.6. The quantitative estimate of drug-likeness (QED) is 0.747. The summed E-state index contributed by atoms with van der Waals surface area (Å²) in [6.07, 6.45) is 4.24. The molecule has 4 rings (SSSR count). The van der Waals surface area contributed by atoms with Gasteiger partial charge in [0, 0.05) is 31.4 Å². The Bertz CT molecular complexity index is 1060. The van der Waals surface area contributed by atoms with Gasteiger partial charge in [-0.1, -0.05) is 6.92 Å². The van der Waals surface area contributed by atoms with E-state index < -0.39 is 0 Å². The van der Waals surface area contributed by atoms with Gasteiger partial charge in [0.1, 0.15) is 23.6 Å². The van der Waals surface area contributed by atoms with E-state index in [4.69, 9.17) is 10.00 Å². The van der Waals surface area contributed by atoms with Gasteiger partial charge in [-0.15, -0.1) is 0 Å². The third-order valence-corrected chi connectivity index (χ3v) is 4.69. The van der Waals surface area contributed by atoms with E-state index in [1.54, 1.807) is 18.3 Å². The standard InChI is InChI=1S/C20H19N5O2/c1-2-14-6-18-19(24-20(14)26)5-13(8-23-18)10-25-11-17(12-25)27-16-4-3-15(7-21)22-9-16/h3-6,8-9,17H,2,10-12H2,1H3,(H,24,26). The number of H-pyrrole nitrogens is 1. The van der Waals surface area contributed by atoms with Gasteiger partial charge in [0.2, 0.25) is 0 Å². The van der Waals surface area contributed by atoms with Gasteiger partial charge in [-0.25, -0.2) is 4.98 Å². The molecule has 0 atom stereocenters. The highest BCUT2D eigenvalue weighted by atomic mass is 16.5. The highest BCUT2D eigenvalue weighted by molar-refractivity contribution is 5.74. The molecule has 3 aromatic heterocycles. The van der Waals surface area contributed by atoms with Crippen molar-refractivity contribution in [3.8, 4) is 11.8 Å². The van der Waals surface area contributed by atoms with Crippen molar-refractivity contribution < 1.29 is 4.74 Å². The minimum Gasteiger partial charge on any atom is -0.486 e. The SMILES string of the molecule is CCc1cc2ncc(CN3CC(Oc4ccc(C#N)nc4)C3)cc2[nH]c1=O. The molecule has 27 heavy (non-hydrogen) atoms. The highest BCUT2D eigenvalue weighted by Crippen LogP contribution is 2.20. The van der Waals surface area contributed by atoms with Crippen LogP contribution in [0.5, 0.6) is 5.75 Å². The summed E-state index contributed by atoms with van der Waals surface area (Å²) in [5.41, 5.74) is 3.73. The van der Waals surface area contributed by atoms with Gasteiger partial charge in [-0.05, 0) is 36.2 Å². The smallest absolute Gasteiger partial charge is 0.251 e.